The zero-order valence-corrected chi connectivity index (χ0v) is 10.3. The van der Waals surface area contributed by atoms with Gasteiger partial charge in [-0.2, -0.15) is 5.10 Å². The average Bonchev–Trinajstić information content (AvgIpc) is 2.48. The first kappa shape index (κ1) is 11.4. The second-order valence-electron chi connectivity index (χ2n) is 4.00. The van der Waals surface area contributed by atoms with Crippen molar-refractivity contribution in [2.75, 3.05) is 7.11 Å². The minimum Gasteiger partial charge on any atom is -0.496 e. The molecule has 3 rings (SSSR count). The van der Waals surface area contributed by atoms with Crippen LogP contribution in [0.1, 0.15) is 0 Å². The number of hydrogen-bond donors (Lipinski definition) is 1. The number of aromatic amines is 1. The molecule has 0 atom stereocenters. The van der Waals surface area contributed by atoms with Gasteiger partial charge in [-0.25, -0.2) is 5.10 Å². The second kappa shape index (κ2) is 4.53. The third-order valence-corrected chi connectivity index (χ3v) is 2.91. The number of aromatic nitrogens is 3. The van der Waals surface area contributed by atoms with Crippen molar-refractivity contribution < 1.29 is 4.74 Å². The summed E-state index contributed by atoms with van der Waals surface area (Å²) < 4.78 is 5.23. The van der Waals surface area contributed by atoms with Crippen LogP contribution >= 0.6 is 0 Å². The van der Waals surface area contributed by atoms with E-state index in [1.807, 2.05) is 30.3 Å². The van der Waals surface area contributed by atoms with Crippen molar-refractivity contribution in [2.24, 2.45) is 0 Å². The van der Waals surface area contributed by atoms with Crippen molar-refractivity contribution in [1.29, 1.82) is 0 Å². The normalized spacial score (nSPS) is 10.6. The Morgan fingerprint density at radius 2 is 2.05 bits per heavy atom. The summed E-state index contributed by atoms with van der Waals surface area (Å²) in [7, 11) is 1.54. The quantitative estimate of drug-likeness (QED) is 0.758. The number of hydrogen-bond acceptors (Lipinski definition) is 4. The van der Waals surface area contributed by atoms with E-state index in [1.54, 1.807) is 12.3 Å². The number of rotatable bonds is 2. The van der Waals surface area contributed by atoms with Gasteiger partial charge in [0, 0.05) is 11.6 Å². The summed E-state index contributed by atoms with van der Waals surface area (Å²) in [5, 5.41) is 7.80. The summed E-state index contributed by atoms with van der Waals surface area (Å²) in [5.74, 6) is 0.526. The third-order valence-electron chi connectivity index (χ3n) is 2.91. The standard InChI is InChI=1S/C14H11N3O2/c1-19-11-7-4-5-9-12(11)14(18)17-16-13(9)10-6-2-3-8-15-10/h2-8H,1H3,(H,17,18). The highest BCUT2D eigenvalue weighted by Gasteiger charge is 2.12. The smallest absolute Gasteiger partial charge is 0.275 e. The lowest BCUT2D eigenvalue weighted by Gasteiger charge is -2.07. The van der Waals surface area contributed by atoms with Gasteiger partial charge >= 0.3 is 0 Å². The van der Waals surface area contributed by atoms with Crippen molar-refractivity contribution in [2.45, 2.75) is 0 Å². The van der Waals surface area contributed by atoms with Crippen LogP contribution in [0, 0.1) is 0 Å². The summed E-state index contributed by atoms with van der Waals surface area (Å²) in [6.45, 7) is 0. The van der Waals surface area contributed by atoms with Crippen LogP contribution in [0.25, 0.3) is 22.2 Å². The van der Waals surface area contributed by atoms with Crippen LogP contribution in [0.3, 0.4) is 0 Å². The molecular weight excluding hydrogens is 242 g/mol. The molecule has 0 bridgehead atoms. The van der Waals surface area contributed by atoms with Gasteiger partial charge < -0.3 is 4.74 Å². The molecule has 0 saturated carbocycles. The van der Waals surface area contributed by atoms with Gasteiger partial charge in [0.15, 0.2) is 0 Å². The van der Waals surface area contributed by atoms with Gasteiger partial charge in [0.1, 0.15) is 11.4 Å². The SMILES string of the molecule is COc1cccc2c(-c3ccccn3)n[nH]c(=O)c12. The highest BCUT2D eigenvalue weighted by atomic mass is 16.5. The Morgan fingerprint density at radius 3 is 2.79 bits per heavy atom. The molecule has 0 unspecified atom stereocenters. The van der Waals surface area contributed by atoms with Crippen molar-refractivity contribution in [1.82, 2.24) is 15.2 Å². The summed E-state index contributed by atoms with van der Waals surface area (Å²) >= 11 is 0. The largest absolute Gasteiger partial charge is 0.496 e. The van der Waals surface area contributed by atoms with Crippen molar-refractivity contribution in [3.8, 4) is 17.1 Å². The first-order valence-corrected chi connectivity index (χ1v) is 5.78. The maximum atomic E-state index is 11.9. The van der Waals surface area contributed by atoms with Crippen LogP contribution in [0.2, 0.25) is 0 Å². The molecule has 1 N–H and O–H groups in total. The Morgan fingerprint density at radius 1 is 1.16 bits per heavy atom. The number of H-pyrrole nitrogens is 1. The molecule has 2 aromatic heterocycles. The molecule has 19 heavy (non-hydrogen) atoms. The fourth-order valence-electron chi connectivity index (χ4n) is 2.05. The fraction of sp³-hybridized carbons (Fsp3) is 0.0714. The molecule has 0 spiro atoms. The van der Waals surface area contributed by atoms with Gasteiger partial charge in [-0.3, -0.25) is 9.78 Å². The molecule has 0 amide bonds. The molecule has 1 aromatic carbocycles. The van der Waals surface area contributed by atoms with E-state index in [4.69, 9.17) is 4.74 Å². The minimum atomic E-state index is -0.271. The maximum Gasteiger partial charge on any atom is 0.275 e. The predicted molar refractivity (Wildman–Crippen MR) is 72.1 cm³/mol. The zero-order chi connectivity index (χ0) is 13.2. The van der Waals surface area contributed by atoms with Gasteiger partial charge in [-0.15, -0.1) is 0 Å². The fourth-order valence-corrected chi connectivity index (χ4v) is 2.05. The molecule has 5 nitrogen and oxygen atoms in total. The Hall–Kier alpha value is -2.69. The van der Waals surface area contributed by atoms with Gasteiger partial charge in [0.2, 0.25) is 0 Å². The summed E-state index contributed by atoms with van der Waals surface area (Å²) in [6.07, 6.45) is 1.69. The Kier molecular flexibility index (Phi) is 2.72. The van der Waals surface area contributed by atoms with E-state index in [2.05, 4.69) is 15.2 Å². The lowest BCUT2D eigenvalue weighted by molar-refractivity contribution is 0.419. The Bertz CT molecular complexity index is 782. The van der Waals surface area contributed by atoms with Crippen LogP contribution in [-0.4, -0.2) is 22.3 Å². The number of nitrogens with one attached hydrogen (secondary N) is 1. The Balaban J connectivity index is 2.40. The van der Waals surface area contributed by atoms with Crippen LogP contribution in [0.5, 0.6) is 5.75 Å². The molecule has 0 radical (unpaired) electrons. The third kappa shape index (κ3) is 1.85. The number of benzene rings is 1. The van der Waals surface area contributed by atoms with Gasteiger partial charge in [0.05, 0.1) is 18.2 Å². The molecule has 0 aliphatic heterocycles. The first-order valence-electron chi connectivity index (χ1n) is 5.78. The molecule has 5 heteroatoms. The molecule has 94 valence electrons. The number of methoxy groups -OCH3 is 1. The van der Waals surface area contributed by atoms with Crippen LogP contribution in [0.4, 0.5) is 0 Å². The average molecular weight is 253 g/mol. The summed E-state index contributed by atoms with van der Waals surface area (Å²) in [4.78, 5) is 16.2. The van der Waals surface area contributed by atoms with Gasteiger partial charge in [0.25, 0.3) is 5.56 Å². The molecule has 3 aromatic rings. The van der Waals surface area contributed by atoms with Crippen molar-refractivity contribution in [3.63, 3.8) is 0 Å². The van der Waals surface area contributed by atoms with E-state index >= 15 is 0 Å². The highest BCUT2D eigenvalue weighted by Crippen LogP contribution is 2.27. The summed E-state index contributed by atoms with van der Waals surface area (Å²) in [5.41, 5.74) is 1.07. The lowest BCUT2D eigenvalue weighted by Crippen LogP contribution is -2.10. The number of ether oxygens (including phenoxy) is 1. The molecule has 0 saturated heterocycles. The molecule has 0 fully saturated rings. The van der Waals surface area contributed by atoms with E-state index in [9.17, 15) is 4.79 Å². The van der Waals surface area contributed by atoms with Gasteiger partial charge in [-0.05, 0) is 18.2 Å². The summed E-state index contributed by atoms with van der Waals surface area (Å²) in [6, 6.07) is 11.0. The van der Waals surface area contributed by atoms with E-state index in [1.165, 1.54) is 7.11 Å². The zero-order valence-electron chi connectivity index (χ0n) is 10.3. The van der Waals surface area contributed by atoms with Crippen molar-refractivity contribution in [3.05, 3.63) is 52.9 Å². The van der Waals surface area contributed by atoms with E-state index in [0.717, 1.165) is 5.39 Å². The van der Waals surface area contributed by atoms with E-state index < -0.39 is 0 Å². The molecule has 0 aliphatic rings. The van der Waals surface area contributed by atoms with Gasteiger partial charge in [-0.1, -0.05) is 18.2 Å². The van der Waals surface area contributed by atoms with Crippen molar-refractivity contribution >= 4 is 10.8 Å². The number of nitrogens with zero attached hydrogens (tertiary/aromatic N) is 2. The monoisotopic (exact) mass is 253 g/mol. The second-order valence-corrected chi connectivity index (χ2v) is 4.00. The molecular formula is C14H11N3O2. The molecule has 0 aliphatic carbocycles. The number of pyridine rings is 1. The first-order chi connectivity index (χ1) is 9.31. The Labute approximate surface area is 108 Å². The topological polar surface area (TPSA) is 67.9 Å². The predicted octanol–water partition coefficient (Wildman–Crippen LogP) is 1.99. The lowest BCUT2D eigenvalue weighted by atomic mass is 10.1. The van der Waals surface area contributed by atoms with Crippen LogP contribution < -0.4 is 10.3 Å². The highest BCUT2D eigenvalue weighted by molar-refractivity contribution is 5.96. The number of fused-ring (bicyclic) bond motifs is 1. The van der Waals surface area contributed by atoms with Crippen LogP contribution in [-0.2, 0) is 0 Å². The molecule has 2 heterocycles. The van der Waals surface area contributed by atoms with Crippen LogP contribution in [0.15, 0.2) is 47.4 Å². The van der Waals surface area contributed by atoms with E-state index in [0.29, 0.717) is 22.5 Å². The maximum absolute atomic E-state index is 11.9. The minimum absolute atomic E-state index is 0.271. The van der Waals surface area contributed by atoms with E-state index in [-0.39, 0.29) is 5.56 Å².